The van der Waals surface area contributed by atoms with Crippen LogP contribution in [-0.4, -0.2) is 21.4 Å². The maximum Gasteiger partial charge on any atom is 0.332 e. The first kappa shape index (κ1) is 17.2. The number of nitrogens with two attached hydrogens (primary N) is 1. The fourth-order valence-corrected chi connectivity index (χ4v) is 2.73. The van der Waals surface area contributed by atoms with Gasteiger partial charge in [0.2, 0.25) is 5.91 Å². The average molecular weight is 351 g/mol. The normalized spacial score (nSPS) is 11.1. The Bertz CT molecular complexity index is 1080. The van der Waals surface area contributed by atoms with Crippen LogP contribution in [0.4, 0.5) is 0 Å². The van der Waals surface area contributed by atoms with E-state index in [-0.39, 0.29) is 6.54 Å². The molecule has 0 radical (unpaired) electrons. The first-order chi connectivity index (χ1) is 12.6. The summed E-state index contributed by atoms with van der Waals surface area (Å²) >= 11 is 0. The van der Waals surface area contributed by atoms with Crippen LogP contribution in [0.3, 0.4) is 0 Å². The minimum absolute atomic E-state index is 0.284. The molecule has 0 saturated heterocycles. The molecule has 1 amide bonds. The molecule has 0 unspecified atom stereocenters. The van der Waals surface area contributed by atoms with Crippen LogP contribution >= 0.6 is 0 Å². The molecule has 26 heavy (non-hydrogen) atoms. The van der Waals surface area contributed by atoms with Crippen LogP contribution in [0.2, 0.25) is 0 Å². The molecule has 132 valence electrons. The van der Waals surface area contributed by atoms with Crippen LogP contribution < -0.4 is 22.4 Å². The molecule has 2 aromatic carbocycles. The second-order valence-electron chi connectivity index (χ2n) is 5.61. The van der Waals surface area contributed by atoms with Crippen LogP contribution in [0, 0.1) is 0 Å². The summed E-state index contributed by atoms with van der Waals surface area (Å²) in [6.45, 7) is -0.143. The number of hydrogen-bond donors (Lipinski definition) is 2. The van der Waals surface area contributed by atoms with E-state index < -0.39 is 23.7 Å². The van der Waals surface area contributed by atoms with E-state index in [0.29, 0.717) is 10.9 Å². The minimum Gasteiger partial charge on any atom is -0.322 e. The second kappa shape index (κ2) is 7.47. The Kier molecular flexibility index (Phi) is 4.93. The number of rotatable bonds is 5. The van der Waals surface area contributed by atoms with Crippen molar-refractivity contribution < 1.29 is 4.79 Å². The summed E-state index contributed by atoms with van der Waals surface area (Å²) in [5, 5.41) is 5.81. The van der Waals surface area contributed by atoms with Crippen molar-refractivity contribution in [3.05, 3.63) is 81.0 Å². The van der Waals surface area contributed by atoms with Crippen molar-refractivity contribution in [3.63, 3.8) is 0 Å². The summed E-state index contributed by atoms with van der Waals surface area (Å²) in [5.74, 6) is 4.37. The van der Waals surface area contributed by atoms with Gasteiger partial charge in [0.05, 0.1) is 17.4 Å². The smallest absolute Gasteiger partial charge is 0.322 e. The minimum atomic E-state index is -0.569. The number of hydrogen-bond acceptors (Lipinski definition) is 5. The van der Waals surface area contributed by atoms with Crippen LogP contribution in [0.25, 0.3) is 10.9 Å². The second-order valence-corrected chi connectivity index (χ2v) is 5.61. The number of hydrazone groups is 1. The summed E-state index contributed by atoms with van der Waals surface area (Å²) in [4.78, 5) is 37.5. The van der Waals surface area contributed by atoms with E-state index in [4.69, 9.17) is 5.84 Å². The molecule has 0 atom stereocenters. The third-order valence-electron chi connectivity index (χ3n) is 3.92. The average Bonchev–Trinajstić information content (AvgIpc) is 2.67. The van der Waals surface area contributed by atoms with Gasteiger partial charge in [0.1, 0.15) is 12.9 Å². The summed E-state index contributed by atoms with van der Waals surface area (Å²) < 4.78 is 2.39. The number of benzene rings is 2. The number of carbonyl (C=O) groups excluding carboxylic acids is 1. The van der Waals surface area contributed by atoms with Gasteiger partial charge in [-0.05, 0) is 17.7 Å². The van der Waals surface area contributed by atoms with Crippen LogP contribution in [0.5, 0.6) is 0 Å². The zero-order chi connectivity index (χ0) is 18.5. The molecule has 0 spiro atoms. The molecule has 0 fully saturated rings. The number of nitrogens with one attached hydrogen (secondary N) is 1. The SMILES string of the molecule is NN=CNC(=O)Cn1c(=O)c2ccccc2n(Cc2ccccc2)c1=O. The van der Waals surface area contributed by atoms with Crippen molar-refractivity contribution in [3.8, 4) is 0 Å². The topological polar surface area (TPSA) is 111 Å². The van der Waals surface area contributed by atoms with Gasteiger partial charge in [0.15, 0.2) is 0 Å². The Labute approximate surface area is 148 Å². The molecule has 0 aliphatic rings. The molecule has 3 rings (SSSR count). The standard InChI is InChI=1S/C18H17N5O3/c19-21-12-20-16(24)11-23-17(25)14-8-4-5-9-15(14)22(18(23)26)10-13-6-2-1-3-7-13/h1-9,12H,10-11,19H2,(H,20,21,24). The summed E-state index contributed by atoms with van der Waals surface area (Å²) in [5.41, 5.74) is 0.350. The first-order valence-corrected chi connectivity index (χ1v) is 7.89. The fourth-order valence-electron chi connectivity index (χ4n) is 2.73. The third-order valence-corrected chi connectivity index (χ3v) is 3.92. The number of fused-ring (bicyclic) bond motifs is 1. The number of amides is 1. The Hall–Kier alpha value is -3.68. The van der Waals surface area contributed by atoms with Gasteiger partial charge in [-0.15, -0.1) is 0 Å². The monoisotopic (exact) mass is 351 g/mol. The van der Waals surface area contributed by atoms with Crippen molar-refractivity contribution in [1.82, 2.24) is 14.5 Å². The molecule has 0 aliphatic carbocycles. The molecular formula is C18H17N5O3. The highest BCUT2D eigenvalue weighted by atomic mass is 16.2. The summed E-state index contributed by atoms with van der Waals surface area (Å²) in [6, 6.07) is 16.2. The Morgan fingerprint density at radius 1 is 1.04 bits per heavy atom. The predicted molar refractivity (Wildman–Crippen MR) is 98.8 cm³/mol. The van der Waals surface area contributed by atoms with Gasteiger partial charge < -0.3 is 11.2 Å². The molecule has 0 bridgehead atoms. The van der Waals surface area contributed by atoms with Gasteiger partial charge in [-0.3, -0.25) is 18.7 Å². The number of aromatic nitrogens is 2. The summed E-state index contributed by atoms with van der Waals surface area (Å²) in [6.07, 6.45) is 0.997. The molecule has 3 N–H and O–H groups in total. The Morgan fingerprint density at radius 2 is 1.73 bits per heavy atom. The first-order valence-electron chi connectivity index (χ1n) is 7.89. The van der Waals surface area contributed by atoms with Crippen molar-refractivity contribution in [2.24, 2.45) is 10.9 Å². The fraction of sp³-hybridized carbons (Fsp3) is 0.111. The highest BCUT2D eigenvalue weighted by molar-refractivity contribution is 5.87. The molecule has 1 heterocycles. The highest BCUT2D eigenvalue weighted by Crippen LogP contribution is 2.10. The van der Waals surface area contributed by atoms with Gasteiger partial charge >= 0.3 is 5.69 Å². The van der Waals surface area contributed by atoms with Gasteiger partial charge in [-0.1, -0.05) is 42.5 Å². The van der Waals surface area contributed by atoms with Gasteiger partial charge in [-0.2, -0.15) is 5.10 Å². The number of nitrogens with zero attached hydrogens (tertiary/aromatic N) is 3. The predicted octanol–water partition coefficient (Wildman–Crippen LogP) is 0.230. The van der Waals surface area contributed by atoms with Crippen LogP contribution in [0.1, 0.15) is 5.56 Å². The Balaban J connectivity index is 2.15. The third kappa shape index (κ3) is 3.39. The lowest BCUT2D eigenvalue weighted by molar-refractivity contribution is -0.120. The van der Waals surface area contributed by atoms with Gasteiger partial charge in [0.25, 0.3) is 5.56 Å². The van der Waals surface area contributed by atoms with E-state index in [1.165, 1.54) is 4.57 Å². The van der Waals surface area contributed by atoms with Gasteiger partial charge in [0, 0.05) is 0 Å². The maximum atomic E-state index is 12.9. The molecule has 0 saturated carbocycles. The van der Waals surface area contributed by atoms with Crippen LogP contribution in [-0.2, 0) is 17.9 Å². The van der Waals surface area contributed by atoms with Gasteiger partial charge in [-0.25, -0.2) is 4.79 Å². The van der Waals surface area contributed by atoms with E-state index in [0.717, 1.165) is 16.5 Å². The zero-order valence-electron chi connectivity index (χ0n) is 13.8. The summed E-state index contributed by atoms with van der Waals surface area (Å²) in [7, 11) is 0. The molecular weight excluding hydrogens is 334 g/mol. The van der Waals surface area contributed by atoms with E-state index in [1.807, 2.05) is 30.3 Å². The lowest BCUT2D eigenvalue weighted by Gasteiger charge is -2.13. The van der Waals surface area contributed by atoms with E-state index in [1.54, 1.807) is 24.3 Å². The molecule has 1 aromatic heterocycles. The quantitative estimate of drug-likeness (QED) is 0.297. The van der Waals surface area contributed by atoms with E-state index >= 15 is 0 Å². The Morgan fingerprint density at radius 3 is 2.46 bits per heavy atom. The maximum absolute atomic E-state index is 12.9. The molecule has 0 aliphatic heterocycles. The number of carbonyl (C=O) groups is 1. The molecule has 3 aromatic rings. The van der Waals surface area contributed by atoms with Crippen LogP contribution in [0.15, 0.2) is 69.3 Å². The van der Waals surface area contributed by atoms with E-state index in [9.17, 15) is 14.4 Å². The molecule has 8 heteroatoms. The largest absolute Gasteiger partial charge is 0.332 e. The lowest BCUT2D eigenvalue weighted by atomic mass is 10.2. The van der Waals surface area contributed by atoms with Crippen molar-refractivity contribution >= 4 is 23.1 Å². The number of para-hydroxylation sites is 1. The zero-order valence-corrected chi connectivity index (χ0v) is 13.8. The molecule has 8 nitrogen and oxygen atoms in total. The van der Waals surface area contributed by atoms with Crippen molar-refractivity contribution in [2.75, 3.05) is 0 Å². The van der Waals surface area contributed by atoms with E-state index in [2.05, 4.69) is 10.4 Å². The van der Waals surface area contributed by atoms with Crippen molar-refractivity contribution in [2.45, 2.75) is 13.1 Å². The van der Waals surface area contributed by atoms with Crippen molar-refractivity contribution in [1.29, 1.82) is 0 Å². The lowest BCUT2D eigenvalue weighted by Crippen LogP contribution is -2.43. The highest BCUT2D eigenvalue weighted by Gasteiger charge is 2.15.